The molecule has 1 heterocycles. The second kappa shape index (κ2) is 8.06. The first-order valence-corrected chi connectivity index (χ1v) is 8.05. The Morgan fingerprint density at radius 1 is 1.04 bits per heavy atom. The van der Waals surface area contributed by atoms with Gasteiger partial charge in [-0.1, -0.05) is 36.4 Å². The number of esters is 1. The summed E-state index contributed by atoms with van der Waals surface area (Å²) in [6, 6.07) is 17.9. The Bertz CT molecular complexity index is 878. The lowest BCUT2D eigenvalue weighted by Gasteiger charge is -2.10. The van der Waals surface area contributed by atoms with E-state index >= 15 is 0 Å². The smallest absolute Gasteiger partial charge is 0.326 e. The molecule has 0 fully saturated rings. The predicted molar refractivity (Wildman–Crippen MR) is 93.0 cm³/mol. The molecule has 3 aromatic rings. The second-order valence-electron chi connectivity index (χ2n) is 5.49. The number of hydrogen-bond acceptors (Lipinski definition) is 6. The van der Waals surface area contributed by atoms with Crippen molar-refractivity contribution in [3.8, 4) is 11.5 Å². The van der Waals surface area contributed by atoms with Crippen LogP contribution < -0.4 is 5.32 Å². The molecule has 2 aromatic carbocycles. The highest BCUT2D eigenvalue weighted by Crippen LogP contribution is 2.21. The van der Waals surface area contributed by atoms with Crippen molar-refractivity contribution < 1.29 is 18.7 Å². The molecule has 3 rings (SSSR count). The number of rotatable bonds is 6. The van der Waals surface area contributed by atoms with Crippen LogP contribution in [0.1, 0.15) is 29.3 Å². The highest BCUT2D eigenvalue weighted by molar-refractivity contribution is 5.95. The van der Waals surface area contributed by atoms with Crippen molar-refractivity contribution >= 4 is 11.9 Å². The molecule has 1 aromatic heterocycles. The van der Waals surface area contributed by atoms with E-state index in [1.807, 2.05) is 30.3 Å². The lowest BCUT2D eigenvalue weighted by atomic mass is 10.2. The van der Waals surface area contributed by atoms with Gasteiger partial charge in [0, 0.05) is 11.1 Å². The Balaban J connectivity index is 1.53. The van der Waals surface area contributed by atoms with Crippen molar-refractivity contribution in [3.05, 3.63) is 72.1 Å². The molecule has 7 nitrogen and oxygen atoms in total. The standard InChI is InChI=1S/C19H17N3O4/c1-13(18-21-22-19(26-18)15-10-6-3-7-11-15)25-16(23)12-20-17(24)14-8-4-2-5-9-14/h2-11,13H,12H2,1H3,(H,20,24)/t13-/m0/s1. The van der Waals surface area contributed by atoms with Gasteiger partial charge in [0.2, 0.25) is 5.89 Å². The third-order valence-electron chi connectivity index (χ3n) is 3.55. The maximum atomic E-state index is 11.9. The van der Waals surface area contributed by atoms with E-state index in [-0.39, 0.29) is 18.3 Å². The molecule has 1 atom stereocenters. The molecule has 1 amide bonds. The van der Waals surface area contributed by atoms with Gasteiger partial charge in [-0.25, -0.2) is 0 Å². The van der Waals surface area contributed by atoms with Crippen LogP contribution in [0, 0.1) is 0 Å². The number of amides is 1. The number of aromatic nitrogens is 2. The van der Waals surface area contributed by atoms with E-state index in [0.29, 0.717) is 11.5 Å². The third-order valence-corrected chi connectivity index (χ3v) is 3.55. The molecule has 26 heavy (non-hydrogen) atoms. The maximum absolute atomic E-state index is 11.9. The highest BCUT2D eigenvalue weighted by atomic mass is 16.6. The number of carbonyl (C=O) groups excluding carboxylic acids is 2. The van der Waals surface area contributed by atoms with E-state index in [1.165, 1.54) is 0 Å². The maximum Gasteiger partial charge on any atom is 0.326 e. The summed E-state index contributed by atoms with van der Waals surface area (Å²) in [6.07, 6.45) is -0.721. The SMILES string of the molecule is C[C@H](OC(=O)CNC(=O)c1ccccc1)c1nnc(-c2ccccc2)o1. The van der Waals surface area contributed by atoms with Crippen LogP contribution in [-0.4, -0.2) is 28.6 Å². The van der Waals surface area contributed by atoms with Crippen molar-refractivity contribution in [2.24, 2.45) is 0 Å². The van der Waals surface area contributed by atoms with Crippen LogP contribution in [0.15, 0.2) is 65.1 Å². The van der Waals surface area contributed by atoms with E-state index < -0.39 is 12.1 Å². The van der Waals surface area contributed by atoms with Crippen LogP contribution in [0.3, 0.4) is 0 Å². The molecule has 0 spiro atoms. The van der Waals surface area contributed by atoms with Crippen LogP contribution in [-0.2, 0) is 9.53 Å². The Hall–Kier alpha value is -3.48. The van der Waals surface area contributed by atoms with Gasteiger partial charge in [-0.3, -0.25) is 9.59 Å². The van der Waals surface area contributed by atoms with Crippen LogP contribution in [0.25, 0.3) is 11.5 Å². The molecule has 0 aliphatic carbocycles. The summed E-state index contributed by atoms with van der Waals surface area (Å²) >= 11 is 0. The second-order valence-corrected chi connectivity index (χ2v) is 5.49. The zero-order valence-electron chi connectivity index (χ0n) is 14.1. The minimum Gasteiger partial charge on any atom is -0.451 e. The molecule has 1 N–H and O–H groups in total. The van der Waals surface area contributed by atoms with Crippen LogP contribution in [0.2, 0.25) is 0 Å². The van der Waals surface area contributed by atoms with Gasteiger partial charge in [0.25, 0.3) is 11.8 Å². The molecule has 0 saturated carbocycles. The van der Waals surface area contributed by atoms with Gasteiger partial charge in [0.05, 0.1) is 0 Å². The zero-order valence-corrected chi connectivity index (χ0v) is 14.1. The Labute approximate surface area is 150 Å². The lowest BCUT2D eigenvalue weighted by molar-refractivity contribution is -0.148. The molecule has 0 saturated heterocycles. The molecule has 0 bridgehead atoms. The quantitative estimate of drug-likeness (QED) is 0.686. The molecule has 7 heteroatoms. The Kier molecular flexibility index (Phi) is 5.38. The fourth-order valence-corrected chi connectivity index (χ4v) is 2.23. The first-order chi connectivity index (χ1) is 12.6. The predicted octanol–water partition coefficient (Wildman–Crippen LogP) is 2.77. The third kappa shape index (κ3) is 4.32. The summed E-state index contributed by atoms with van der Waals surface area (Å²) in [5, 5.41) is 10.4. The zero-order chi connectivity index (χ0) is 18.4. The van der Waals surface area contributed by atoms with Gasteiger partial charge in [-0.2, -0.15) is 0 Å². The first kappa shape index (κ1) is 17.3. The highest BCUT2D eigenvalue weighted by Gasteiger charge is 2.19. The van der Waals surface area contributed by atoms with Gasteiger partial charge < -0.3 is 14.5 Å². The van der Waals surface area contributed by atoms with E-state index in [1.54, 1.807) is 37.3 Å². The Morgan fingerprint density at radius 3 is 2.38 bits per heavy atom. The Morgan fingerprint density at radius 2 is 1.69 bits per heavy atom. The summed E-state index contributed by atoms with van der Waals surface area (Å²) in [5.74, 6) is -0.409. The summed E-state index contributed by atoms with van der Waals surface area (Å²) in [6.45, 7) is 1.37. The molecular formula is C19H17N3O4. The van der Waals surface area contributed by atoms with E-state index in [9.17, 15) is 9.59 Å². The topological polar surface area (TPSA) is 94.3 Å². The van der Waals surface area contributed by atoms with Crippen LogP contribution in [0.5, 0.6) is 0 Å². The molecular weight excluding hydrogens is 334 g/mol. The molecule has 0 unspecified atom stereocenters. The number of carbonyl (C=O) groups is 2. The van der Waals surface area contributed by atoms with Crippen molar-refractivity contribution in [3.63, 3.8) is 0 Å². The lowest BCUT2D eigenvalue weighted by Crippen LogP contribution is -2.31. The minimum atomic E-state index is -0.721. The summed E-state index contributed by atoms with van der Waals surface area (Å²) < 4.78 is 10.8. The van der Waals surface area contributed by atoms with Gasteiger partial charge in [0.1, 0.15) is 6.54 Å². The van der Waals surface area contributed by atoms with Crippen molar-refractivity contribution in [2.45, 2.75) is 13.0 Å². The van der Waals surface area contributed by atoms with E-state index in [2.05, 4.69) is 15.5 Å². The van der Waals surface area contributed by atoms with Crippen molar-refractivity contribution in [1.29, 1.82) is 0 Å². The summed E-state index contributed by atoms with van der Waals surface area (Å²) in [4.78, 5) is 23.8. The average Bonchev–Trinajstić information content (AvgIpc) is 3.18. The number of nitrogens with one attached hydrogen (secondary N) is 1. The van der Waals surface area contributed by atoms with Crippen LogP contribution in [0.4, 0.5) is 0 Å². The minimum absolute atomic E-state index is 0.187. The van der Waals surface area contributed by atoms with E-state index in [4.69, 9.17) is 9.15 Å². The number of ether oxygens (including phenoxy) is 1. The van der Waals surface area contributed by atoms with Gasteiger partial charge >= 0.3 is 5.97 Å². The van der Waals surface area contributed by atoms with Gasteiger partial charge in [-0.15, -0.1) is 10.2 Å². The molecule has 0 radical (unpaired) electrons. The summed E-state index contributed by atoms with van der Waals surface area (Å²) in [7, 11) is 0. The average molecular weight is 351 g/mol. The number of nitrogens with zero attached hydrogens (tertiary/aromatic N) is 2. The van der Waals surface area contributed by atoms with Gasteiger partial charge in [-0.05, 0) is 31.2 Å². The van der Waals surface area contributed by atoms with Crippen molar-refractivity contribution in [2.75, 3.05) is 6.54 Å². The first-order valence-electron chi connectivity index (χ1n) is 8.05. The van der Waals surface area contributed by atoms with Crippen LogP contribution >= 0.6 is 0 Å². The largest absolute Gasteiger partial charge is 0.451 e. The molecule has 0 aliphatic heterocycles. The number of hydrogen-bond donors (Lipinski definition) is 1. The normalized spacial score (nSPS) is 11.6. The van der Waals surface area contributed by atoms with Gasteiger partial charge in [0.15, 0.2) is 6.10 Å². The molecule has 0 aliphatic rings. The number of benzene rings is 2. The van der Waals surface area contributed by atoms with Crippen molar-refractivity contribution in [1.82, 2.24) is 15.5 Å². The summed E-state index contributed by atoms with van der Waals surface area (Å²) in [5.41, 5.74) is 1.25. The fourth-order valence-electron chi connectivity index (χ4n) is 2.23. The fraction of sp³-hybridized carbons (Fsp3) is 0.158. The monoisotopic (exact) mass is 351 g/mol. The van der Waals surface area contributed by atoms with E-state index in [0.717, 1.165) is 5.56 Å². The molecule has 132 valence electrons.